The fraction of sp³-hybridized carbons (Fsp3) is 0.533. The zero-order chi connectivity index (χ0) is 12.1. The van der Waals surface area contributed by atoms with Crippen molar-refractivity contribution >= 4 is 17.5 Å². The molecule has 0 aromatic heterocycles. The Morgan fingerprint density at radius 3 is 2.47 bits per heavy atom. The van der Waals surface area contributed by atoms with Gasteiger partial charge in [0.05, 0.1) is 0 Å². The van der Waals surface area contributed by atoms with Crippen LogP contribution >= 0.6 is 11.8 Å². The van der Waals surface area contributed by atoms with E-state index in [0.29, 0.717) is 11.7 Å². The Morgan fingerprint density at radius 2 is 1.88 bits per heavy atom. The average molecular weight is 248 g/mol. The second kappa shape index (κ2) is 6.25. The predicted molar refractivity (Wildman–Crippen MR) is 74.8 cm³/mol. The number of Topliss-reactive ketones (excluding diaryl/α,β-unsaturated/α-hetero) is 1. The van der Waals surface area contributed by atoms with Crippen LogP contribution in [0.2, 0.25) is 0 Å². The van der Waals surface area contributed by atoms with Crippen molar-refractivity contribution in [3.8, 4) is 0 Å². The van der Waals surface area contributed by atoms with Crippen molar-refractivity contribution in [2.75, 3.05) is 11.5 Å². The summed E-state index contributed by atoms with van der Waals surface area (Å²) in [6, 6.07) is 8.12. The summed E-state index contributed by atoms with van der Waals surface area (Å²) in [5, 5.41) is 0. The summed E-state index contributed by atoms with van der Waals surface area (Å²) in [6.07, 6.45) is 4.20. The highest BCUT2D eigenvalue weighted by Crippen LogP contribution is 2.26. The maximum atomic E-state index is 12.1. The number of rotatable bonds is 4. The molecule has 1 aromatic rings. The molecule has 0 N–H and O–H groups in total. The molecule has 1 saturated heterocycles. The van der Waals surface area contributed by atoms with Crippen LogP contribution in [0.1, 0.15) is 42.1 Å². The highest BCUT2D eigenvalue weighted by Gasteiger charge is 2.18. The molecular weight excluding hydrogens is 228 g/mol. The minimum atomic E-state index is 0.324. The van der Waals surface area contributed by atoms with Gasteiger partial charge < -0.3 is 0 Å². The first-order valence-electron chi connectivity index (χ1n) is 6.49. The van der Waals surface area contributed by atoms with E-state index in [1.807, 2.05) is 23.9 Å². The van der Waals surface area contributed by atoms with Crippen LogP contribution in [0.4, 0.5) is 0 Å². The van der Waals surface area contributed by atoms with E-state index >= 15 is 0 Å². The van der Waals surface area contributed by atoms with E-state index in [4.69, 9.17) is 0 Å². The van der Waals surface area contributed by atoms with Crippen molar-refractivity contribution in [1.82, 2.24) is 0 Å². The molecule has 0 aliphatic carbocycles. The molecule has 0 spiro atoms. The summed E-state index contributed by atoms with van der Waals surface area (Å²) < 4.78 is 0. The van der Waals surface area contributed by atoms with Crippen molar-refractivity contribution in [2.24, 2.45) is 5.92 Å². The van der Waals surface area contributed by atoms with Gasteiger partial charge in [0.1, 0.15) is 0 Å². The molecule has 2 heteroatoms. The standard InChI is InChI=1S/C15H20OS/c1-2-12-3-5-14(6-4-12)15(16)11-13-7-9-17-10-8-13/h3-6,13H,2,7-11H2,1H3. The highest BCUT2D eigenvalue weighted by atomic mass is 32.2. The second-order valence-corrected chi connectivity index (χ2v) is 5.96. The van der Waals surface area contributed by atoms with Crippen LogP contribution in [0.5, 0.6) is 0 Å². The van der Waals surface area contributed by atoms with Crippen molar-refractivity contribution < 1.29 is 4.79 Å². The Balaban J connectivity index is 1.93. The van der Waals surface area contributed by atoms with Gasteiger partial charge in [-0.05, 0) is 42.2 Å². The van der Waals surface area contributed by atoms with Gasteiger partial charge in [-0.3, -0.25) is 4.79 Å². The Hall–Kier alpha value is -0.760. The van der Waals surface area contributed by atoms with Crippen LogP contribution in [-0.2, 0) is 6.42 Å². The molecule has 0 bridgehead atoms. The van der Waals surface area contributed by atoms with Crippen molar-refractivity contribution in [2.45, 2.75) is 32.6 Å². The van der Waals surface area contributed by atoms with Gasteiger partial charge in [0.25, 0.3) is 0 Å². The maximum absolute atomic E-state index is 12.1. The van der Waals surface area contributed by atoms with E-state index in [1.165, 1.54) is 29.9 Å². The molecule has 1 heterocycles. The summed E-state index contributed by atoms with van der Waals surface area (Å²) in [5.41, 5.74) is 2.19. The molecule has 0 saturated carbocycles. The minimum Gasteiger partial charge on any atom is -0.294 e. The lowest BCUT2D eigenvalue weighted by molar-refractivity contribution is 0.0958. The van der Waals surface area contributed by atoms with Gasteiger partial charge in [-0.25, -0.2) is 0 Å². The number of hydrogen-bond acceptors (Lipinski definition) is 2. The van der Waals surface area contributed by atoms with E-state index < -0.39 is 0 Å². The molecule has 0 amide bonds. The van der Waals surface area contributed by atoms with Crippen LogP contribution in [0.15, 0.2) is 24.3 Å². The Kier molecular flexibility index (Phi) is 4.66. The van der Waals surface area contributed by atoms with Gasteiger partial charge in [0.15, 0.2) is 5.78 Å². The summed E-state index contributed by atoms with van der Waals surface area (Å²) in [6.45, 7) is 2.14. The van der Waals surface area contributed by atoms with Crippen molar-refractivity contribution in [3.63, 3.8) is 0 Å². The van der Waals surface area contributed by atoms with Gasteiger partial charge in [-0.2, -0.15) is 11.8 Å². The largest absolute Gasteiger partial charge is 0.294 e. The quantitative estimate of drug-likeness (QED) is 0.750. The number of thioether (sulfide) groups is 1. The van der Waals surface area contributed by atoms with Crippen LogP contribution < -0.4 is 0 Å². The average Bonchev–Trinajstić information content (AvgIpc) is 2.40. The Labute approximate surface area is 108 Å². The third kappa shape index (κ3) is 3.60. The van der Waals surface area contributed by atoms with E-state index in [0.717, 1.165) is 18.4 Å². The number of hydrogen-bond donors (Lipinski definition) is 0. The van der Waals surface area contributed by atoms with E-state index in [9.17, 15) is 4.79 Å². The number of carbonyl (C=O) groups excluding carboxylic acids is 1. The van der Waals surface area contributed by atoms with E-state index in [-0.39, 0.29) is 0 Å². The first-order chi connectivity index (χ1) is 8.29. The highest BCUT2D eigenvalue weighted by molar-refractivity contribution is 7.99. The Morgan fingerprint density at radius 1 is 1.24 bits per heavy atom. The normalized spacial score (nSPS) is 17.0. The van der Waals surface area contributed by atoms with Gasteiger partial charge in [-0.15, -0.1) is 0 Å². The molecule has 0 radical (unpaired) electrons. The van der Waals surface area contributed by atoms with Crippen LogP contribution in [0, 0.1) is 5.92 Å². The molecule has 92 valence electrons. The maximum Gasteiger partial charge on any atom is 0.163 e. The Bertz CT molecular complexity index is 363. The lowest BCUT2D eigenvalue weighted by atomic mass is 9.93. The number of carbonyl (C=O) groups is 1. The molecule has 0 unspecified atom stereocenters. The predicted octanol–water partition coefficient (Wildman–Crippen LogP) is 3.97. The zero-order valence-corrected chi connectivity index (χ0v) is 11.3. The fourth-order valence-corrected chi connectivity index (χ4v) is 3.46. The molecule has 17 heavy (non-hydrogen) atoms. The third-order valence-electron chi connectivity index (χ3n) is 3.50. The van der Waals surface area contributed by atoms with Crippen LogP contribution in [0.3, 0.4) is 0 Å². The number of ketones is 1. The number of benzene rings is 1. The molecular formula is C15H20OS. The minimum absolute atomic E-state index is 0.324. The van der Waals surface area contributed by atoms with Crippen molar-refractivity contribution in [1.29, 1.82) is 0 Å². The van der Waals surface area contributed by atoms with Gasteiger partial charge in [0.2, 0.25) is 0 Å². The van der Waals surface area contributed by atoms with Gasteiger partial charge in [-0.1, -0.05) is 31.2 Å². The SMILES string of the molecule is CCc1ccc(C(=O)CC2CCSCC2)cc1. The van der Waals surface area contributed by atoms with Gasteiger partial charge in [0, 0.05) is 12.0 Å². The van der Waals surface area contributed by atoms with Crippen LogP contribution in [0.25, 0.3) is 0 Å². The summed E-state index contributed by atoms with van der Waals surface area (Å²) in [7, 11) is 0. The molecule has 2 rings (SSSR count). The topological polar surface area (TPSA) is 17.1 Å². The molecule has 1 aliphatic rings. The molecule has 1 aliphatic heterocycles. The second-order valence-electron chi connectivity index (χ2n) is 4.73. The lowest BCUT2D eigenvalue weighted by Crippen LogP contribution is -2.14. The van der Waals surface area contributed by atoms with Gasteiger partial charge >= 0.3 is 0 Å². The van der Waals surface area contributed by atoms with E-state index in [2.05, 4.69) is 19.1 Å². The first kappa shape index (κ1) is 12.7. The third-order valence-corrected chi connectivity index (χ3v) is 4.55. The fourth-order valence-electron chi connectivity index (χ4n) is 2.26. The monoisotopic (exact) mass is 248 g/mol. The molecule has 1 fully saturated rings. The number of aryl methyl sites for hydroxylation is 1. The summed E-state index contributed by atoms with van der Waals surface area (Å²) >= 11 is 2.02. The summed E-state index contributed by atoms with van der Waals surface area (Å²) in [4.78, 5) is 12.1. The van der Waals surface area contributed by atoms with Crippen LogP contribution in [-0.4, -0.2) is 17.3 Å². The lowest BCUT2D eigenvalue weighted by Gasteiger charge is -2.20. The smallest absolute Gasteiger partial charge is 0.163 e. The first-order valence-corrected chi connectivity index (χ1v) is 7.65. The molecule has 1 nitrogen and oxygen atoms in total. The van der Waals surface area contributed by atoms with Crippen molar-refractivity contribution in [3.05, 3.63) is 35.4 Å². The summed E-state index contributed by atoms with van der Waals surface area (Å²) in [5.74, 6) is 3.40. The zero-order valence-electron chi connectivity index (χ0n) is 10.4. The molecule has 0 atom stereocenters. The van der Waals surface area contributed by atoms with E-state index in [1.54, 1.807) is 0 Å². The molecule has 1 aromatic carbocycles.